The molecule has 0 aromatic heterocycles. The molecule has 1 unspecified atom stereocenters. The number of hydrogen-bond donors (Lipinski definition) is 1. The summed E-state index contributed by atoms with van der Waals surface area (Å²) in [6.45, 7) is 7.30. The van der Waals surface area contributed by atoms with Crippen LogP contribution < -0.4 is 5.32 Å². The highest BCUT2D eigenvalue weighted by atomic mass is 16.5. The first-order valence-corrected chi connectivity index (χ1v) is 6.64. The molecule has 0 amide bonds. The fourth-order valence-corrected chi connectivity index (χ4v) is 2.04. The number of hydrogen-bond acceptors (Lipinski definition) is 2. The molecule has 1 aliphatic carbocycles. The van der Waals surface area contributed by atoms with Crippen LogP contribution in [0.3, 0.4) is 0 Å². The van der Waals surface area contributed by atoms with Crippen molar-refractivity contribution in [2.45, 2.75) is 58.4 Å². The van der Waals surface area contributed by atoms with E-state index in [1.54, 1.807) is 0 Å². The molecular weight excluding hydrogens is 186 g/mol. The van der Waals surface area contributed by atoms with E-state index in [2.05, 4.69) is 19.2 Å². The van der Waals surface area contributed by atoms with Crippen LogP contribution in [0.15, 0.2) is 0 Å². The van der Waals surface area contributed by atoms with E-state index in [1.807, 2.05) is 0 Å². The molecule has 1 fully saturated rings. The fraction of sp³-hybridized carbons (Fsp3) is 1.00. The van der Waals surface area contributed by atoms with Gasteiger partial charge >= 0.3 is 0 Å². The fourth-order valence-electron chi connectivity index (χ4n) is 2.04. The van der Waals surface area contributed by atoms with Crippen molar-refractivity contribution < 1.29 is 4.74 Å². The first-order valence-electron chi connectivity index (χ1n) is 6.64. The molecule has 0 bridgehead atoms. The van der Waals surface area contributed by atoms with Crippen LogP contribution in [0, 0.1) is 5.92 Å². The molecule has 2 nitrogen and oxygen atoms in total. The topological polar surface area (TPSA) is 21.3 Å². The van der Waals surface area contributed by atoms with Crippen LogP contribution in [0.5, 0.6) is 0 Å². The highest BCUT2D eigenvalue weighted by Crippen LogP contribution is 2.30. The Morgan fingerprint density at radius 3 is 2.73 bits per heavy atom. The first kappa shape index (κ1) is 13.0. The third kappa shape index (κ3) is 6.16. The standard InChI is InChI=1S/C13H27NO/c1-3-4-9-15-10-8-14-12(2)11-13-6-5-7-13/h12-14H,3-11H2,1-2H3. The van der Waals surface area contributed by atoms with E-state index >= 15 is 0 Å². The summed E-state index contributed by atoms with van der Waals surface area (Å²) in [6.07, 6.45) is 8.15. The Kier molecular flexibility index (Phi) is 7.03. The van der Waals surface area contributed by atoms with Gasteiger partial charge in [-0.25, -0.2) is 0 Å². The Hall–Kier alpha value is -0.0800. The SMILES string of the molecule is CCCCOCCNC(C)CC1CCC1. The molecule has 15 heavy (non-hydrogen) atoms. The van der Waals surface area contributed by atoms with Gasteiger partial charge in [0.05, 0.1) is 6.61 Å². The molecule has 1 atom stereocenters. The quantitative estimate of drug-likeness (QED) is 0.595. The molecule has 0 saturated heterocycles. The van der Waals surface area contributed by atoms with Gasteiger partial charge in [-0.05, 0) is 25.7 Å². The van der Waals surface area contributed by atoms with Crippen molar-refractivity contribution in [3.63, 3.8) is 0 Å². The second kappa shape index (κ2) is 8.12. The van der Waals surface area contributed by atoms with Gasteiger partial charge in [0, 0.05) is 19.2 Å². The van der Waals surface area contributed by atoms with Gasteiger partial charge in [0.1, 0.15) is 0 Å². The van der Waals surface area contributed by atoms with Gasteiger partial charge in [0.25, 0.3) is 0 Å². The third-order valence-electron chi connectivity index (χ3n) is 3.29. The molecule has 1 rings (SSSR count). The van der Waals surface area contributed by atoms with Crippen LogP contribution in [0.4, 0.5) is 0 Å². The van der Waals surface area contributed by atoms with Crippen molar-refractivity contribution >= 4 is 0 Å². The summed E-state index contributed by atoms with van der Waals surface area (Å²) in [5.41, 5.74) is 0. The lowest BCUT2D eigenvalue weighted by Crippen LogP contribution is -2.32. The maximum absolute atomic E-state index is 5.51. The molecule has 1 aliphatic rings. The highest BCUT2D eigenvalue weighted by Gasteiger charge is 2.19. The van der Waals surface area contributed by atoms with E-state index in [-0.39, 0.29) is 0 Å². The predicted molar refractivity (Wildman–Crippen MR) is 65.1 cm³/mol. The van der Waals surface area contributed by atoms with Crippen molar-refractivity contribution in [1.82, 2.24) is 5.32 Å². The molecule has 1 N–H and O–H groups in total. The van der Waals surface area contributed by atoms with Gasteiger partial charge in [-0.15, -0.1) is 0 Å². The lowest BCUT2D eigenvalue weighted by molar-refractivity contribution is 0.129. The molecular formula is C13H27NO. The number of rotatable bonds is 9. The maximum atomic E-state index is 5.51. The van der Waals surface area contributed by atoms with Gasteiger partial charge in [-0.1, -0.05) is 32.6 Å². The number of nitrogens with one attached hydrogen (secondary N) is 1. The minimum atomic E-state index is 0.671. The Morgan fingerprint density at radius 1 is 1.33 bits per heavy atom. The molecule has 0 aromatic carbocycles. The van der Waals surface area contributed by atoms with Crippen LogP contribution in [0.25, 0.3) is 0 Å². The minimum Gasteiger partial charge on any atom is -0.380 e. The van der Waals surface area contributed by atoms with Crippen molar-refractivity contribution in [1.29, 1.82) is 0 Å². The smallest absolute Gasteiger partial charge is 0.0590 e. The predicted octanol–water partition coefficient (Wildman–Crippen LogP) is 2.97. The first-order chi connectivity index (χ1) is 7.33. The Morgan fingerprint density at radius 2 is 2.13 bits per heavy atom. The second-order valence-corrected chi connectivity index (χ2v) is 4.85. The summed E-state index contributed by atoms with van der Waals surface area (Å²) in [5, 5.41) is 3.53. The molecule has 2 heteroatoms. The van der Waals surface area contributed by atoms with Crippen molar-refractivity contribution in [2.24, 2.45) is 5.92 Å². The molecule has 90 valence electrons. The van der Waals surface area contributed by atoms with Crippen LogP contribution in [0.2, 0.25) is 0 Å². The summed E-state index contributed by atoms with van der Waals surface area (Å²) in [5.74, 6) is 1.01. The second-order valence-electron chi connectivity index (χ2n) is 4.85. The van der Waals surface area contributed by atoms with Crippen molar-refractivity contribution in [2.75, 3.05) is 19.8 Å². The number of unbranched alkanes of at least 4 members (excludes halogenated alkanes) is 1. The van der Waals surface area contributed by atoms with Crippen molar-refractivity contribution in [3.8, 4) is 0 Å². The molecule has 1 saturated carbocycles. The van der Waals surface area contributed by atoms with E-state index < -0.39 is 0 Å². The molecule has 0 aliphatic heterocycles. The minimum absolute atomic E-state index is 0.671. The molecule has 0 radical (unpaired) electrons. The summed E-state index contributed by atoms with van der Waals surface area (Å²) < 4.78 is 5.51. The zero-order chi connectivity index (χ0) is 10.9. The van der Waals surface area contributed by atoms with Gasteiger partial charge < -0.3 is 10.1 Å². The molecule has 0 spiro atoms. The maximum Gasteiger partial charge on any atom is 0.0590 e. The highest BCUT2D eigenvalue weighted by molar-refractivity contribution is 4.74. The Labute approximate surface area is 94.8 Å². The summed E-state index contributed by atoms with van der Waals surface area (Å²) in [7, 11) is 0. The van der Waals surface area contributed by atoms with Crippen molar-refractivity contribution in [3.05, 3.63) is 0 Å². The van der Waals surface area contributed by atoms with E-state index in [0.717, 1.165) is 25.7 Å². The van der Waals surface area contributed by atoms with Gasteiger partial charge in [0.2, 0.25) is 0 Å². The molecule has 0 aromatic rings. The van der Waals surface area contributed by atoms with Crippen LogP contribution in [0.1, 0.15) is 52.4 Å². The largest absolute Gasteiger partial charge is 0.380 e. The zero-order valence-corrected chi connectivity index (χ0v) is 10.4. The zero-order valence-electron chi connectivity index (χ0n) is 10.4. The normalized spacial score (nSPS) is 18.8. The lowest BCUT2D eigenvalue weighted by Gasteiger charge is -2.28. The lowest BCUT2D eigenvalue weighted by atomic mass is 9.81. The number of ether oxygens (including phenoxy) is 1. The van der Waals surface area contributed by atoms with Crippen LogP contribution >= 0.6 is 0 Å². The van der Waals surface area contributed by atoms with E-state index in [1.165, 1.54) is 38.5 Å². The summed E-state index contributed by atoms with van der Waals surface area (Å²) in [6, 6.07) is 0.671. The van der Waals surface area contributed by atoms with E-state index in [4.69, 9.17) is 4.74 Å². The Bertz CT molecular complexity index is 145. The van der Waals surface area contributed by atoms with Crippen LogP contribution in [-0.2, 0) is 4.74 Å². The van der Waals surface area contributed by atoms with E-state index in [0.29, 0.717) is 6.04 Å². The summed E-state index contributed by atoms with van der Waals surface area (Å²) >= 11 is 0. The van der Waals surface area contributed by atoms with E-state index in [9.17, 15) is 0 Å². The Balaban J connectivity index is 1.81. The van der Waals surface area contributed by atoms with Gasteiger partial charge in [-0.2, -0.15) is 0 Å². The van der Waals surface area contributed by atoms with Gasteiger partial charge in [-0.3, -0.25) is 0 Å². The van der Waals surface area contributed by atoms with Gasteiger partial charge in [0.15, 0.2) is 0 Å². The third-order valence-corrected chi connectivity index (χ3v) is 3.29. The average Bonchev–Trinajstić information content (AvgIpc) is 2.17. The average molecular weight is 213 g/mol. The summed E-state index contributed by atoms with van der Waals surface area (Å²) in [4.78, 5) is 0. The molecule has 0 heterocycles. The van der Waals surface area contributed by atoms with Crippen LogP contribution in [-0.4, -0.2) is 25.8 Å². The monoisotopic (exact) mass is 213 g/mol.